The Labute approximate surface area is 94.1 Å². The van der Waals surface area contributed by atoms with Crippen molar-refractivity contribution in [1.82, 2.24) is 4.90 Å². The largest absolute Gasteiger partial charge is 0.479 e. The van der Waals surface area contributed by atoms with Crippen LogP contribution in [0.15, 0.2) is 0 Å². The minimum Gasteiger partial charge on any atom is -0.479 e. The molecule has 0 spiro atoms. The Morgan fingerprint density at radius 1 is 1.44 bits per heavy atom. The van der Waals surface area contributed by atoms with Crippen molar-refractivity contribution in [3.05, 3.63) is 0 Å². The van der Waals surface area contributed by atoms with Crippen molar-refractivity contribution in [1.29, 1.82) is 0 Å². The number of nitrogens with zero attached hydrogens (tertiary/aromatic N) is 1. The van der Waals surface area contributed by atoms with Crippen LogP contribution in [0.3, 0.4) is 0 Å². The first-order valence-corrected chi connectivity index (χ1v) is 5.03. The number of hydrogen-bond donors (Lipinski definition) is 2. The third-order valence-electron chi connectivity index (χ3n) is 3.30. The van der Waals surface area contributed by atoms with Crippen LogP contribution < -0.4 is 0 Å². The van der Waals surface area contributed by atoms with E-state index in [0.29, 0.717) is 6.42 Å². The van der Waals surface area contributed by atoms with Crippen LogP contribution in [-0.2, 0) is 4.79 Å². The maximum absolute atomic E-state index is 11.2. The van der Waals surface area contributed by atoms with E-state index < -0.39 is 23.6 Å². The van der Waals surface area contributed by atoms with Crippen LogP contribution in [0.5, 0.6) is 0 Å². The van der Waals surface area contributed by atoms with E-state index in [9.17, 15) is 14.7 Å². The lowest BCUT2D eigenvalue weighted by molar-refractivity contribution is -0.149. The molecule has 0 aromatic carbocycles. The Morgan fingerprint density at radius 2 is 2.00 bits per heavy atom. The average Bonchev–Trinajstić information content (AvgIpc) is 2.40. The summed E-state index contributed by atoms with van der Waals surface area (Å²) in [6.45, 7) is 4.79. The minimum absolute atomic E-state index is 0.257. The average molecular weight is 225 g/mol. The molecule has 1 unspecified atom stereocenters. The molecule has 0 aromatic rings. The van der Waals surface area contributed by atoms with E-state index in [2.05, 4.69) is 11.8 Å². The smallest absolute Gasteiger partial charge is 0.409 e. The Bertz CT molecular complexity index is 381. The molecule has 1 aliphatic heterocycles. The lowest BCUT2D eigenvalue weighted by Crippen LogP contribution is -2.55. The zero-order valence-corrected chi connectivity index (χ0v) is 9.52. The standard InChI is InChI=1S/C11H15NO4/c1-4-5-8-6-7(2)11(3,9(13)14)12(8)10(15)16/h7-8H,6H2,1-3H3,(H,13,14)(H,15,16)/t7?,8-,11-/m0/s1. The van der Waals surface area contributed by atoms with Gasteiger partial charge in [0.15, 0.2) is 0 Å². The van der Waals surface area contributed by atoms with Gasteiger partial charge in [-0.05, 0) is 26.2 Å². The van der Waals surface area contributed by atoms with E-state index in [1.54, 1.807) is 13.8 Å². The molecule has 1 fully saturated rings. The Balaban J connectivity index is 3.21. The van der Waals surface area contributed by atoms with Crippen molar-refractivity contribution < 1.29 is 19.8 Å². The fraction of sp³-hybridized carbons (Fsp3) is 0.636. The summed E-state index contributed by atoms with van der Waals surface area (Å²) < 4.78 is 0. The Kier molecular flexibility index (Phi) is 3.13. The highest BCUT2D eigenvalue weighted by atomic mass is 16.4. The normalized spacial score (nSPS) is 33.1. The maximum atomic E-state index is 11.2. The molecule has 5 nitrogen and oxygen atoms in total. The minimum atomic E-state index is -1.39. The molecule has 1 amide bonds. The van der Waals surface area contributed by atoms with Gasteiger partial charge in [0, 0.05) is 0 Å². The highest BCUT2D eigenvalue weighted by Crippen LogP contribution is 2.38. The monoisotopic (exact) mass is 225 g/mol. The van der Waals surface area contributed by atoms with Crippen molar-refractivity contribution in [3.63, 3.8) is 0 Å². The van der Waals surface area contributed by atoms with Gasteiger partial charge >= 0.3 is 12.1 Å². The van der Waals surface area contributed by atoms with Crippen LogP contribution in [-0.4, -0.2) is 38.8 Å². The summed E-state index contributed by atoms with van der Waals surface area (Å²) in [7, 11) is 0. The van der Waals surface area contributed by atoms with Crippen molar-refractivity contribution in [2.75, 3.05) is 0 Å². The molecule has 1 heterocycles. The molecule has 2 N–H and O–H groups in total. The van der Waals surface area contributed by atoms with Crippen molar-refractivity contribution >= 4 is 12.1 Å². The summed E-state index contributed by atoms with van der Waals surface area (Å²) in [5, 5.41) is 18.3. The number of likely N-dealkylation sites (tertiary alicyclic amines) is 1. The number of carboxylic acids is 1. The first-order valence-electron chi connectivity index (χ1n) is 5.03. The van der Waals surface area contributed by atoms with E-state index in [1.165, 1.54) is 6.92 Å². The van der Waals surface area contributed by atoms with E-state index >= 15 is 0 Å². The second kappa shape index (κ2) is 4.05. The third kappa shape index (κ3) is 1.60. The molecular formula is C11H15NO4. The molecule has 1 aliphatic rings. The van der Waals surface area contributed by atoms with E-state index in [-0.39, 0.29) is 5.92 Å². The second-order valence-electron chi connectivity index (χ2n) is 4.15. The van der Waals surface area contributed by atoms with Gasteiger partial charge in [-0.1, -0.05) is 12.8 Å². The van der Waals surface area contributed by atoms with Crippen LogP contribution in [0.2, 0.25) is 0 Å². The molecule has 3 atom stereocenters. The summed E-state index contributed by atoms with van der Waals surface area (Å²) in [5.74, 6) is 4.01. The molecule has 16 heavy (non-hydrogen) atoms. The highest BCUT2D eigenvalue weighted by Gasteiger charge is 2.55. The van der Waals surface area contributed by atoms with Gasteiger partial charge in [0.2, 0.25) is 0 Å². The number of carbonyl (C=O) groups is 2. The van der Waals surface area contributed by atoms with Gasteiger partial charge in [-0.15, -0.1) is 5.92 Å². The summed E-state index contributed by atoms with van der Waals surface area (Å²) in [6, 6.07) is -0.529. The zero-order valence-electron chi connectivity index (χ0n) is 9.52. The topological polar surface area (TPSA) is 77.8 Å². The number of rotatable bonds is 1. The van der Waals surface area contributed by atoms with Gasteiger partial charge in [0.1, 0.15) is 5.54 Å². The van der Waals surface area contributed by atoms with E-state index in [0.717, 1.165) is 4.90 Å². The molecule has 0 radical (unpaired) electrons. The molecule has 5 heteroatoms. The predicted octanol–water partition coefficient (Wildman–Crippen LogP) is 1.24. The summed E-state index contributed by atoms with van der Waals surface area (Å²) in [6.07, 6.45) is -0.780. The van der Waals surface area contributed by atoms with Crippen molar-refractivity contribution in [2.24, 2.45) is 5.92 Å². The molecule has 0 aromatic heterocycles. The quantitative estimate of drug-likeness (QED) is 0.658. The summed E-state index contributed by atoms with van der Waals surface area (Å²) in [4.78, 5) is 23.3. The zero-order chi connectivity index (χ0) is 12.5. The molecular weight excluding hydrogens is 210 g/mol. The lowest BCUT2D eigenvalue weighted by atomic mass is 9.88. The van der Waals surface area contributed by atoms with E-state index in [4.69, 9.17) is 5.11 Å². The molecule has 0 aliphatic carbocycles. The van der Waals surface area contributed by atoms with Crippen molar-refractivity contribution in [3.8, 4) is 11.8 Å². The van der Waals surface area contributed by atoms with Gasteiger partial charge in [-0.3, -0.25) is 4.90 Å². The first kappa shape index (κ1) is 12.4. The Morgan fingerprint density at radius 3 is 2.38 bits per heavy atom. The number of amides is 1. The molecule has 0 bridgehead atoms. The van der Waals surface area contributed by atoms with E-state index in [1.807, 2.05) is 0 Å². The predicted molar refractivity (Wildman–Crippen MR) is 56.9 cm³/mol. The van der Waals surface area contributed by atoms with Crippen LogP contribution in [0.25, 0.3) is 0 Å². The van der Waals surface area contributed by atoms with Gasteiger partial charge in [-0.25, -0.2) is 9.59 Å². The Hall–Kier alpha value is -1.70. The van der Waals surface area contributed by atoms with Crippen molar-refractivity contribution in [2.45, 2.75) is 38.8 Å². The SMILES string of the molecule is CC#C[C@H]1CC(C)[C@@](C)(C(=O)O)N1C(=O)O. The van der Waals surface area contributed by atoms with Crippen LogP contribution in [0.1, 0.15) is 27.2 Å². The fourth-order valence-corrected chi connectivity index (χ4v) is 2.17. The van der Waals surface area contributed by atoms with Crippen LogP contribution in [0.4, 0.5) is 4.79 Å². The fourth-order valence-electron chi connectivity index (χ4n) is 2.17. The van der Waals surface area contributed by atoms with Gasteiger partial charge in [0.05, 0.1) is 6.04 Å². The maximum Gasteiger partial charge on any atom is 0.409 e. The third-order valence-corrected chi connectivity index (χ3v) is 3.30. The first-order chi connectivity index (χ1) is 7.35. The van der Waals surface area contributed by atoms with Gasteiger partial charge in [0.25, 0.3) is 0 Å². The second-order valence-corrected chi connectivity index (χ2v) is 4.15. The number of hydrogen-bond acceptors (Lipinski definition) is 2. The lowest BCUT2D eigenvalue weighted by Gasteiger charge is -2.33. The highest BCUT2D eigenvalue weighted by molar-refractivity contribution is 5.85. The molecule has 1 rings (SSSR count). The van der Waals surface area contributed by atoms with Gasteiger partial charge in [-0.2, -0.15) is 0 Å². The van der Waals surface area contributed by atoms with Crippen LogP contribution in [0, 0.1) is 17.8 Å². The van der Waals surface area contributed by atoms with Crippen LogP contribution >= 0.6 is 0 Å². The number of carboxylic acid groups (broad SMARTS) is 2. The summed E-state index contributed by atoms with van der Waals surface area (Å²) in [5.41, 5.74) is -1.39. The molecule has 0 saturated carbocycles. The molecule has 1 saturated heterocycles. The van der Waals surface area contributed by atoms with Gasteiger partial charge < -0.3 is 10.2 Å². The summed E-state index contributed by atoms with van der Waals surface area (Å²) >= 11 is 0. The molecule has 88 valence electrons. The number of aliphatic carboxylic acids is 1.